The smallest absolute Gasteiger partial charge is 0.263 e. The first kappa shape index (κ1) is 23.1. The Balaban J connectivity index is 0.00000300. The summed E-state index contributed by atoms with van der Waals surface area (Å²) in [6.07, 6.45) is 0. The van der Waals surface area contributed by atoms with Crippen LogP contribution in [0.5, 0.6) is 5.75 Å². The fourth-order valence-electron chi connectivity index (χ4n) is 2.98. The molecule has 0 N–H and O–H groups in total. The number of carbonyl (C=O) groups excluding carboxylic acids is 1. The van der Waals surface area contributed by atoms with Gasteiger partial charge in [-0.2, -0.15) is 0 Å². The molecule has 2 aromatic carbocycles. The standard InChI is InChI=1S/C21H24FN3O2S.ClH/c1-4-24(5-2)12-13-25(20(26)16-8-6-7-9-17(16)22)21-23-18-11-10-15(27-3)14-19(18)28-21;/h6-11,14H,4-5,12-13H2,1-3H3;1H. The number of nitrogens with zero attached hydrogens (tertiary/aromatic N) is 3. The minimum atomic E-state index is -0.525. The Hall–Kier alpha value is -2.22. The molecule has 0 saturated carbocycles. The largest absolute Gasteiger partial charge is 0.497 e. The lowest BCUT2D eigenvalue weighted by molar-refractivity contribution is 0.0980. The van der Waals surface area contributed by atoms with E-state index in [-0.39, 0.29) is 23.9 Å². The lowest BCUT2D eigenvalue weighted by Gasteiger charge is -2.24. The van der Waals surface area contributed by atoms with Crippen molar-refractivity contribution in [3.8, 4) is 5.75 Å². The molecule has 1 heterocycles. The summed E-state index contributed by atoms with van der Waals surface area (Å²) in [6.45, 7) is 7.05. The van der Waals surface area contributed by atoms with Crippen molar-refractivity contribution in [1.29, 1.82) is 0 Å². The van der Waals surface area contributed by atoms with E-state index >= 15 is 0 Å². The van der Waals surface area contributed by atoms with Crippen LogP contribution in [0, 0.1) is 5.82 Å². The van der Waals surface area contributed by atoms with Crippen LogP contribution in [0.4, 0.5) is 9.52 Å². The summed E-state index contributed by atoms with van der Waals surface area (Å²) in [5, 5.41) is 0.559. The topological polar surface area (TPSA) is 45.7 Å². The fourth-order valence-corrected chi connectivity index (χ4v) is 4.00. The van der Waals surface area contributed by atoms with Gasteiger partial charge in [0.2, 0.25) is 0 Å². The van der Waals surface area contributed by atoms with Gasteiger partial charge in [0.1, 0.15) is 11.6 Å². The molecule has 0 saturated heterocycles. The molecule has 0 aliphatic carbocycles. The normalized spacial score (nSPS) is 10.8. The summed E-state index contributed by atoms with van der Waals surface area (Å²) in [4.78, 5) is 21.6. The molecule has 0 atom stereocenters. The maximum Gasteiger partial charge on any atom is 0.263 e. The van der Waals surface area contributed by atoms with Crippen molar-refractivity contribution < 1.29 is 13.9 Å². The number of fused-ring (bicyclic) bond motifs is 1. The third kappa shape index (κ3) is 5.23. The molecule has 3 rings (SSSR count). The fraction of sp³-hybridized carbons (Fsp3) is 0.333. The van der Waals surface area contributed by atoms with Gasteiger partial charge in [-0.05, 0) is 43.4 Å². The monoisotopic (exact) mass is 437 g/mol. The number of halogens is 2. The summed E-state index contributed by atoms with van der Waals surface area (Å²) >= 11 is 1.40. The van der Waals surface area contributed by atoms with Crippen LogP contribution in [0.15, 0.2) is 42.5 Å². The number of thiazole rings is 1. The average molecular weight is 438 g/mol. The zero-order valence-corrected chi connectivity index (χ0v) is 18.4. The molecule has 0 aliphatic heterocycles. The van der Waals surface area contributed by atoms with Crippen molar-refractivity contribution in [3.05, 3.63) is 53.8 Å². The molecular formula is C21H25ClFN3O2S. The number of carbonyl (C=O) groups is 1. The predicted octanol–water partition coefficient (Wildman–Crippen LogP) is 4.85. The highest BCUT2D eigenvalue weighted by molar-refractivity contribution is 7.22. The molecule has 0 fully saturated rings. The molecule has 1 aromatic heterocycles. The van der Waals surface area contributed by atoms with Crippen LogP contribution in [0.25, 0.3) is 10.2 Å². The van der Waals surface area contributed by atoms with Crippen LogP contribution in [0.3, 0.4) is 0 Å². The van der Waals surface area contributed by atoms with Gasteiger partial charge in [0.05, 0.1) is 22.9 Å². The number of hydrogen-bond donors (Lipinski definition) is 0. The summed E-state index contributed by atoms with van der Waals surface area (Å²) in [6, 6.07) is 11.7. The van der Waals surface area contributed by atoms with Crippen LogP contribution < -0.4 is 9.64 Å². The number of aromatic nitrogens is 1. The van der Waals surface area contributed by atoms with Gasteiger partial charge in [0, 0.05) is 13.1 Å². The molecule has 0 bridgehead atoms. The molecule has 8 heteroatoms. The first-order valence-electron chi connectivity index (χ1n) is 9.30. The van der Waals surface area contributed by atoms with E-state index in [1.165, 1.54) is 23.5 Å². The zero-order valence-electron chi connectivity index (χ0n) is 16.7. The minimum absolute atomic E-state index is 0. The van der Waals surface area contributed by atoms with E-state index in [9.17, 15) is 9.18 Å². The van der Waals surface area contributed by atoms with Gasteiger partial charge in [0.25, 0.3) is 5.91 Å². The third-order valence-electron chi connectivity index (χ3n) is 4.70. The highest BCUT2D eigenvalue weighted by Crippen LogP contribution is 2.32. The third-order valence-corrected chi connectivity index (χ3v) is 5.74. The van der Waals surface area contributed by atoms with Gasteiger partial charge >= 0.3 is 0 Å². The second-order valence-corrected chi connectivity index (χ2v) is 7.30. The molecule has 5 nitrogen and oxygen atoms in total. The molecule has 3 aromatic rings. The van der Waals surface area contributed by atoms with Crippen molar-refractivity contribution in [3.63, 3.8) is 0 Å². The number of anilines is 1. The summed E-state index contributed by atoms with van der Waals surface area (Å²) in [5.41, 5.74) is 0.842. The van der Waals surface area contributed by atoms with Gasteiger partial charge in [-0.3, -0.25) is 9.69 Å². The Morgan fingerprint density at radius 3 is 2.52 bits per heavy atom. The second-order valence-electron chi connectivity index (χ2n) is 6.29. The number of rotatable bonds is 8. The molecule has 29 heavy (non-hydrogen) atoms. The number of hydrogen-bond acceptors (Lipinski definition) is 5. The van der Waals surface area contributed by atoms with E-state index in [0.717, 1.165) is 29.1 Å². The van der Waals surface area contributed by atoms with E-state index in [0.29, 0.717) is 18.2 Å². The SMILES string of the molecule is CCN(CC)CCN(C(=O)c1ccccc1F)c1nc2ccc(OC)cc2s1.Cl. The van der Waals surface area contributed by atoms with Crippen LogP contribution in [-0.4, -0.2) is 49.1 Å². The average Bonchev–Trinajstić information content (AvgIpc) is 3.14. The molecule has 1 amide bonds. The Labute approximate surface area is 180 Å². The van der Waals surface area contributed by atoms with Crippen molar-refractivity contribution >= 4 is 45.0 Å². The summed E-state index contributed by atoms with van der Waals surface area (Å²) in [7, 11) is 1.61. The minimum Gasteiger partial charge on any atom is -0.497 e. The number of amides is 1. The Morgan fingerprint density at radius 2 is 1.86 bits per heavy atom. The molecule has 0 aliphatic rings. The molecule has 0 radical (unpaired) electrons. The van der Waals surface area contributed by atoms with Gasteiger partial charge in [-0.15, -0.1) is 12.4 Å². The number of methoxy groups -OCH3 is 1. The maximum atomic E-state index is 14.3. The zero-order chi connectivity index (χ0) is 20.1. The van der Waals surface area contributed by atoms with Crippen LogP contribution in [-0.2, 0) is 0 Å². The predicted molar refractivity (Wildman–Crippen MR) is 119 cm³/mol. The quantitative estimate of drug-likeness (QED) is 0.505. The van der Waals surface area contributed by atoms with E-state index in [2.05, 4.69) is 23.7 Å². The number of ether oxygens (including phenoxy) is 1. The first-order chi connectivity index (χ1) is 13.6. The Morgan fingerprint density at radius 1 is 1.14 bits per heavy atom. The number of benzene rings is 2. The van der Waals surface area contributed by atoms with Crippen molar-refractivity contribution in [2.45, 2.75) is 13.8 Å². The van der Waals surface area contributed by atoms with Crippen LogP contribution >= 0.6 is 23.7 Å². The van der Waals surface area contributed by atoms with E-state index in [4.69, 9.17) is 4.74 Å². The van der Waals surface area contributed by atoms with E-state index in [1.807, 2.05) is 18.2 Å². The van der Waals surface area contributed by atoms with Gasteiger partial charge in [-0.25, -0.2) is 9.37 Å². The second kappa shape index (κ2) is 10.5. The van der Waals surface area contributed by atoms with Crippen molar-refractivity contribution in [2.24, 2.45) is 0 Å². The summed E-state index contributed by atoms with van der Waals surface area (Å²) < 4.78 is 20.5. The lowest BCUT2D eigenvalue weighted by Crippen LogP contribution is -2.39. The van der Waals surface area contributed by atoms with Crippen molar-refractivity contribution in [2.75, 3.05) is 38.2 Å². The first-order valence-corrected chi connectivity index (χ1v) is 10.1. The van der Waals surface area contributed by atoms with E-state index < -0.39 is 5.82 Å². The highest BCUT2D eigenvalue weighted by Gasteiger charge is 2.24. The maximum absolute atomic E-state index is 14.3. The van der Waals surface area contributed by atoms with Gasteiger partial charge in [-0.1, -0.05) is 37.3 Å². The van der Waals surface area contributed by atoms with E-state index in [1.54, 1.807) is 24.1 Å². The molecule has 156 valence electrons. The summed E-state index contributed by atoms with van der Waals surface area (Å²) in [5.74, 6) is -0.169. The molecule has 0 unspecified atom stereocenters. The Bertz CT molecular complexity index is 962. The lowest BCUT2D eigenvalue weighted by atomic mass is 10.2. The van der Waals surface area contributed by atoms with Gasteiger partial charge in [0.15, 0.2) is 5.13 Å². The van der Waals surface area contributed by atoms with Crippen LogP contribution in [0.2, 0.25) is 0 Å². The highest BCUT2D eigenvalue weighted by atomic mass is 35.5. The number of likely N-dealkylation sites (N-methyl/N-ethyl adjacent to an activating group) is 1. The van der Waals surface area contributed by atoms with Crippen LogP contribution in [0.1, 0.15) is 24.2 Å². The molecular weight excluding hydrogens is 413 g/mol. The molecule has 0 spiro atoms. The Kier molecular flexibility index (Phi) is 8.37. The van der Waals surface area contributed by atoms with Crippen molar-refractivity contribution in [1.82, 2.24) is 9.88 Å². The van der Waals surface area contributed by atoms with Gasteiger partial charge < -0.3 is 9.64 Å².